The summed E-state index contributed by atoms with van der Waals surface area (Å²) in [5.41, 5.74) is 17.4. The third kappa shape index (κ3) is 4.46. The summed E-state index contributed by atoms with van der Waals surface area (Å²) in [5, 5.41) is 17.4. The van der Waals surface area contributed by atoms with Crippen LogP contribution in [-0.2, 0) is 0 Å². The highest BCUT2D eigenvalue weighted by Gasteiger charge is 2.34. The molecule has 0 fully saturated rings. The van der Waals surface area contributed by atoms with Crippen molar-refractivity contribution < 1.29 is 17.7 Å². The molecule has 18 rings (SSSR count). The molecule has 0 bridgehead atoms. The topological polar surface area (TPSA) is 52.6 Å². The van der Waals surface area contributed by atoms with Gasteiger partial charge in [-0.15, -0.1) is 0 Å². The van der Waals surface area contributed by atoms with Crippen molar-refractivity contribution in [3.63, 3.8) is 0 Å². The van der Waals surface area contributed by atoms with Crippen LogP contribution in [0.3, 0.4) is 0 Å². The molecule has 0 saturated carbocycles. The van der Waals surface area contributed by atoms with Crippen LogP contribution >= 0.6 is 0 Å². The molecular weight excluding hydrogens is 881 g/mol. The molecule has 4 aliphatic heterocycles. The summed E-state index contributed by atoms with van der Waals surface area (Å²) in [4.78, 5) is 0. The molecule has 0 amide bonds. The van der Waals surface area contributed by atoms with Crippen molar-refractivity contribution >= 4 is 131 Å². The second-order valence-corrected chi connectivity index (χ2v) is 19.6. The second-order valence-electron chi connectivity index (χ2n) is 19.6. The van der Waals surface area contributed by atoms with Gasteiger partial charge in [0.1, 0.15) is 44.7 Å². The Balaban J connectivity index is 1.05. The van der Waals surface area contributed by atoms with E-state index in [0.717, 1.165) is 186 Å². The largest absolute Gasteiger partial charge is 0.455 e. The highest BCUT2D eigenvalue weighted by Crippen LogP contribution is 2.59. The van der Waals surface area contributed by atoms with Crippen molar-refractivity contribution in [2.45, 2.75) is 0 Å². The maximum atomic E-state index is 7.71. The Bertz CT molecular complexity index is 4920. The quantitative estimate of drug-likeness (QED) is 0.131. The molecule has 0 N–H and O–H groups in total. The van der Waals surface area contributed by atoms with Crippen LogP contribution in [0.4, 0.5) is 0 Å². The third-order valence-corrected chi connectivity index (χ3v) is 16.2. The Morgan fingerprint density at radius 1 is 0.181 bits per heavy atom. The van der Waals surface area contributed by atoms with Crippen molar-refractivity contribution in [3.05, 3.63) is 206 Å². The minimum atomic E-state index is 0.784. The minimum absolute atomic E-state index is 0.784. The van der Waals surface area contributed by atoms with Crippen LogP contribution in [0.5, 0.6) is 0 Å². The smallest absolute Gasteiger partial charge is 0.144 e. The lowest BCUT2D eigenvalue weighted by Gasteiger charge is -2.26. The third-order valence-electron chi connectivity index (χ3n) is 16.2. The van der Waals surface area contributed by atoms with E-state index in [0.29, 0.717) is 0 Å². The first kappa shape index (κ1) is 37.3. The Hall–Kier alpha value is -9.64. The van der Waals surface area contributed by atoms with Crippen molar-refractivity contribution in [2.75, 3.05) is 0 Å². The summed E-state index contributed by atoms with van der Waals surface area (Å²) in [6, 6.07) is 73.9. The normalized spacial score (nSPS) is 12.7. The van der Waals surface area contributed by atoms with Crippen LogP contribution in [0.1, 0.15) is 0 Å². The van der Waals surface area contributed by atoms with Gasteiger partial charge in [-0.05, 0) is 78.8 Å². The highest BCUT2D eigenvalue weighted by atomic mass is 16.3. The molecule has 0 unspecified atom stereocenters. The van der Waals surface area contributed by atoms with Gasteiger partial charge in [0.05, 0.1) is 0 Å². The van der Waals surface area contributed by atoms with Crippen molar-refractivity contribution in [2.24, 2.45) is 0 Å². The van der Waals surface area contributed by atoms with E-state index < -0.39 is 0 Å². The zero-order chi connectivity index (χ0) is 46.5. The summed E-state index contributed by atoms with van der Waals surface area (Å²) in [5.74, 6) is 0. The number of rotatable bonds is 3. The molecule has 0 aliphatic carbocycles. The standard InChI is InChI=1S/C68H34O4/c1-3-15-35(16-4-1)37-31-33-51-57-53(37)41-21-9-13-25-47(41)67-61(57)59-55-43(39-19-7-11-23-45(39)65(59)69-51)27-29-49(63(55)71-67)50-30-28-44-40-20-8-12-24-46(40)66-60-56(44)64(50)72-68-48-26-14-10-22-42(48)54-38(36-17-5-2-6-18-36)32-34-52(70-66)58(54)62(60)68/h1-34H. The fourth-order valence-corrected chi connectivity index (χ4v) is 13.3. The lowest BCUT2D eigenvalue weighted by Crippen LogP contribution is -2.00. The van der Waals surface area contributed by atoms with Crippen LogP contribution in [0, 0.1) is 0 Å². The average Bonchev–Trinajstić information content (AvgIpc) is 3.45. The van der Waals surface area contributed by atoms with Crippen LogP contribution in [0.25, 0.3) is 186 Å². The Kier molecular flexibility index (Phi) is 6.81. The number of hydrogen-bond donors (Lipinski definition) is 0. The van der Waals surface area contributed by atoms with E-state index in [4.69, 9.17) is 17.7 Å². The SMILES string of the molecule is c1ccc(-c2ccc3oc4c5c6c(oc7c-5c3c2c2ccccc72)c(-c2ccc3c5ccccc5c5oc7ccc(-c8ccccc8)c8c9ccccc9c9oc2c3c5-c9c78)ccc6c2ccccc42)cc1. The molecule has 4 heterocycles. The van der Waals surface area contributed by atoms with E-state index in [9.17, 15) is 0 Å². The Morgan fingerprint density at radius 3 is 0.903 bits per heavy atom. The monoisotopic (exact) mass is 914 g/mol. The van der Waals surface area contributed by atoms with Crippen molar-refractivity contribution in [3.8, 4) is 55.6 Å². The first-order valence-electron chi connectivity index (χ1n) is 24.7. The molecule has 14 aromatic carbocycles. The molecule has 0 atom stereocenters. The van der Waals surface area contributed by atoms with E-state index in [2.05, 4.69) is 206 Å². The van der Waals surface area contributed by atoms with Gasteiger partial charge >= 0.3 is 0 Å². The van der Waals surface area contributed by atoms with Crippen molar-refractivity contribution in [1.82, 2.24) is 0 Å². The van der Waals surface area contributed by atoms with E-state index in [1.165, 1.54) is 0 Å². The minimum Gasteiger partial charge on any atom is -0.455 e. The predicted molar refractivity (Wildman–Crippen MR) is 298 cm³/mol. The first-order valence-corrected chi connectivity index (χ1v) is 24.7. The molecule has 0 spiro atoms. The summed E-state index contributed by atoms with van der Waals surface area (Å²) in [7, 11) is 0. The summed E-state index contributed by atoms with van der Waals surface area (Å²) in [6.07, 6.45) is 0. The summed E-state index contributed by atoms with van der Waals surface area (Å²) < 4.78 is 30.0. The van der Waals surface area contributed by atoms with E-state index >= 15 is 0 Å². The van der Waals surface area contributed by atoms with E-state index in [1.807, 2.05) is 0 Å². The molecule has 330 valence electrons. The molecule has 4 aliphatic rings. The van der Waals surface area contributed by atoms with E-state index in [-0.39, 0.29) is 0 Å². The van der Waals surface area contributed by atoms with Gasteiger partial charge in [0.15, 0.2) is 0 Å². The van der Waals surface area contributed by atoms with Gasteiger partial charge in [-0.25, -0.2) is 0 Å². The Labute approximate surface area is 408 Å². The molecule has 4 heteroatoms. The van der Waals surface area contributed by atoms with E-state index in [1.54, 1.807) is 0 Å². The number of benzene rings is 14. The molecule has 0 aromatic heterocycles. The van der Waals surface area contributed by atoms with Gasteiger partial charge < -0.3 is 17.7 Å². The second kappa shape index (κ2) is 13.2. The number of fused-ring (bicyclic) bond motifs is 12. The van der Waals surface area contributed by atoms with Crippen LogP contribution < -0.4 is 0 Å². The van der Waals surface area contributed by atoms with Gasteiger partial charge in [0, 0.05) is 87.2 Å². The fourth-order valence-electron chi connectivity index (χ4n) is 13.3. The van der Waals surface area contributed by atoms with Gasteiger partial charge in [-0.3, -0.25) is 0 Å². The first-order chi connectivity index (χ1) is 35.8. The van der Waals surface area contributed by atoms with Crippen LogP contribution in [0.2, 0.25) is 0 Å². The average molecular weight is 915 g/mol. The predicted octanol–water partition coefficient (Wildman–Crippen LogP) is 20.0. The summed E-state index contributed by atoms with van der Waals surface area (Å²) >= 11 is 0. The van der Waals surface area contributed by atoms with Gasteiger partial charge in [0.25, 0.3) is 0 Å². The van der Waals surface area contributed by atoms with Crippen molar-refractivity contribution in [1.29, 1.82) is 0 Å². The highest BCUT2D eigenvalue weighted by molar-refractivity contribution is 6.40. The molecule has 14 aromatic rings. The van der Waals surface area contributed by atoms with Gasteiger partial charge in [0.2, 0.25) is 0 Å². The fraction of sp³-hybridized carbons (Fsp3) is 0. The molecule has 0 radical (unpaired) electrons. The molecule has 4 nitrogen and oxygen atoms in total. The molecule has 72 heavy (non-hydrogen) atoms. The molecular formula is C68H34O4. The number of hydrogen-bond acceptors (Lipinski definition) is 4. The zero-order valence-corrected chi connectivity index (χ0v) is 38.3. The maximum Gasteiger partial charge on any atom is 0.144 e. The summed E-state index contributed by atoms with van der Waals surface area (Å²) in [6.45, 7) is 0. The molecule has 0 saturated heterocycles. The maximum absolute atomic E-state index is 7.71. The lowest BCUT2D eigenvalue weighted by atomic mass is 9.81. The van der Waals surface area contributed by atoms with Crippen LogP contribution in [-0.4, -0.2) is 0 Å². The lowest BCUT2D eigenvalue weighted by molar-refractivity contribution is 0.649. The Morgan fingerprint density at radius 2 is 0.486 bits per heavy atom. The van der Waals surface area contributed by atoms with Gasteiger partial charge in [-0.2, -0.15) is 0 Å². The van der Waals surface area contributed by atoms with Gasteiger partial charge in [-0.1, -0.05) is 182 Å². The zero-order valence-electron chi connectivity index (χ0n) is 38.3. The van der Waals surface area contributed by atoms with Crippen LogP contribution in [0.15, 0.2) is 224 Å².